The Labute approximate surface area is 102 Å². The second-order valence-electron chi connectivity index (χ2n) is 2.99. The van der Waals surface area contributed by atoms with Crippen molar-refractivity contribution in [3.05, 3.63) is 27.6 Å². The van der Waals surface area contributed by atoms with Crippen LogP contribution in [0.15, 0.2) is 6.07 Å². The molecule has 1 heterocycles. The van der Waals surface area contributed by atoms with Crippen molar-refractivity contribution in [2.45, 2.75) is 18.6 Å². The van der Waals surface area contributed by atoms with E-state index >= 15 is 0 Å². The summed E-state index contributed by atoms with van der Waals surface area (Å²) >= 11 is 3.01. The first-order valence-corrected chi connectivity index (χ1v) is 5.33. The van der Waals surface area contributed by atoms with Crippen LogP contribution in [0, 0.1) is 17.0 Å². The lowest BCUT2D eigenvalue weighted by atomic mass is 10.2. The summed E-state index contributed by atoms with van der Waals surface area (Å²) in [5.74, 6) is -0.882. The normalized spacial score (nSPS) is 11.4. The van der Waals surface area contributed by atoms with Crippen LogP contribution in [0.4, 0.5) is 18.9 Å². The van der Waals surface area contributed by atoms with E-state index in [4.69, 9.17) is 0 Å². The van der Waals surface area contributed by atoms with Crippen molar-refractivity contribution in [3.8, 4) is 5.75 Å². The smallest absolute Gasteiger partial charge is 0.396 e. The molecule has 0 aliphatic carbocycles. The number of hydrogen-bond donors (Lipinski definition) is 0. The van der Waals surface area contributed by atoms with Gasteiger partial charge in [-0.05, 0) is 6.92 Å². The van der Waals surface area contributed by atoms with Crippen molar-refractivity contribution < 1.29 is 22.8 Å². The summed E-state index contributed by atoms with van der Waals surface area (Å²) in [6.07, 6.45) is -4.99. The molecule has 0 aliphatic heterocycles. The molecule has 94 valence electrons. The fraction of sp³-hybridized carbons (Fsp3) is 0.375. The summed E-state index contributed by atoms with van der Waals surface area (Å²) in [5, 5.41) is 10.8. The summed E-state index contributed by atoms with van der Waals surface area (Å²) in [7, 11) is 0. The molecule has 0 saturated carbocycles. The van der Waals surface area contributed by atoms with Crippen molar-refractivity contribution in [2.75, 3.05) is 0 Å². The number of aromatic nitrogens is 1. The highest BCUT2D eigenvalue weighted by atomic mass is 79.9. The Morgan fingerprint density at radius 1 is 1.59 bits per heavy atom. The molecule has 0 N–H and O–H groups in total. The summed E-state index contributed by atoms with van der Waals surface area (Å²) in [6, 6.07) is 0.933. The third-order valence-electron chi connectivity index (χ3n) is 1.73. The highest BCUT2D eigenvalue weighted by molar-refractivity contribution is 9.08. The van der Waals surface area contributed by atoms with E-state index in [9.17, 15) is 23.3 Å². The highest BCUT2D eigenvalue weighted by Crippen LogP contribution is 2.34. The van der Waals surface area contributed by atoms with Crippen molar-refractivity contribution in [2.24, 2.45) is 0 Å². The molecule has 0 aliphatic rings. The lowest BCUT2D eigenvalue weighted by Gasteiger charge is -2.11. The van der Waals surface area contributed by atoms with Crippen molar-refractivity contribution in [3.63, 3.8) is 0 Å². The van der Waals surface area contributed by atoms with Crippen LogP contribution in [0.5, 0.6) is 5.75 Å². The third-order valence-corrected chi connectivity index (χ3v) is 2.30. The quantitative estimate of drug-likeness (QED) is 0.488. The van der Waals surface area contributed by atoms with E-state index in [2.05, 4.69) is 25.7 Å². The summed E-state index contributed by atoms with van der Waals surface area (Å²) in [5.41, 5.74) is -0.695. The maximum atomic E-state index is 12.1. The Morgan fingerprint density at radius 3 is 2.59 bits per heavy atom. The van der Waals surface area contributed by atoms with E-state index in [0.717, 1.165) is 6.07 Å². The molecule has 9 heteroatoms. The molecule has 1 aromatic heterocycles. The molecule has 0 radical (unpaired) electrons. The molecule has 1 rings (SSSR count). The zero-order chi connectivity index (χ0) is 13.2. The van der Waals surface area contributed by atoms with E-state index in [1.807, 2.05) is 0 Å². The first-order chi connectivity index (χ1) is 7.74. The molecule has 0 aromatic carbocycles. The predicted molar refractivity (Wildman–Crippen MR) is 54.9 cm³/mol. The van der Waals surface area contributed by atoms with Gasteiger partial charge in [0.25, 0.3) is 0 Å². The van der Waals surface area contributed by atoms with Crippen molar-refractivity contribution in [1.29, 1.82) is 0 Å². The van der Waals surface area contributed by atoms with E-state index in [1.54, 1.807) is 0 Å². The zero-order valence-electron chi connectivity index (χ0n) is 8.42. The first-order valence-electron chi connectivity index (χ1n) is 4.21. The standard InChI is InChI=1S/C8H6BrF3N2O3/c1-4-7(17-8(10,11)12)6(14(15)16)2-5(3-9)13-4/h2H,3H2,1H3. The van der Waals surface area contributed by atoms with E-state index < -0.39 is 22.7 Å². The topological polar surface area (TPSA) is 65.3 Å². The molecule has 5 nitrogen and oxygen atoms in total. The molecule has 0 amide bonds. The minimum atomic E-state index is -4.99. The molecule has 0 bridgehead atoms. The Balaban J connectivity index is 3.32. The minimum absolute atomic E-state index is 0.189. The van der Waals surface area contributed by atoms with Crippen LogP contribution in [0.1, 0.15) is 11.4 Å². The number of pyridine rings is 1. The highest BCUT2D eigenvalue weighted by Gasteiger charge is 2.36. The van der Waals surface area contributed by atoms with Crippen LogP contribution in [0.2, 0.25) is 0 Å². The number of halogens is 4. The van der Waals surface area contributed by atoms with Gasteiger partial charge in [0, 0.05) is 11.4 Å². The number of alkyl halides is 4. The molecule has 0 saturated heterocycles. The zero-order valence-corrected chi connectivity index (χ0v) is 10.0. The van der Waals surface area contributed by atoms with E-state index in [0.29, 0.717) is 0 Å². The molecule has 0 unspecified atom stereocenters. The van der Waals surface area contributed by atoms with Gasteiger partial charge in [-0.2, -0.15) is 0 Å². The molecule has 0 spiro atoms. The molecule has 0 atom stereocenters. The lowest BCUT2D eigenvalue weighted by molar-refractivity contribution is -0.388. The number of nitrogens with zero attached hydrogens (tertiary/aromatic N) is 2. The van der Waals surface area contributed by atoms with Gasteiger partial charge >= 0.3 is 12.0 Å². The van der Waals surface area contributed by atoms with Crippen molar-refractivity contribution >= 4 is 21.6 Å². The maximum absolute atomic E-state index is 12.1. The van der Waals surface area contributed by atoms with Gasteiger partial charge in [-0.15, -0.1) is 13.2 Å². The van der Waals surface area contributed by atoms with Crippen LogP contribution < -0.4 is 4.74 Å². The fourth-order valence-electron chi connectivity index (χ4n) is 1.15. The number of hydrogen-bond acceptors (Lipinski definition) is 4. The molecular weight excluding hydrogens is 309 g/mol. The second kappa shape index (κ2) is 4.86. The van der Waals surface area contributed by atoms with Crippen LogP contribution in [0.25, 0.3) is 0 Å². The summed E-state index contributed by atoms with van der Waals surface area (Å²) in [6.45, 7) is 1.21. The molecule has 0 fully saturated rings. The van der Waals surface area contributed by atoms with Crippen LogP contribution in [-0.4, -0.2) is 16.3 Å². The first kappa shape index (κ1) is 13.7. The second-order valence-corrected chi connectivity index (χ2v) is 3.55. The molecule has 1 aromatic rings. The number of ether oxygens (including phenoxy) is 1. The fourth-order valence-corrected chi connectivity index (χ4v) is 1.44. The SMILES string of the molecule is Cc1nc(CBr)cc([N+](=O)[O-])c1OC(F)(F)F. The summed E-state index contributed by atoms with van der Waals surface area (Å²) < 4.78 is 39.8. The van der Waals surface area contributed by atoms with Crippen LogP contribution in [0.3, 0.4) is 0 Å². The van der Waals surface area contributed by atoms with Gasteiger partial charge in [0.1, 0.15) is 0 Å². The molecule has 17 heavy (non-hydrogen) atoms. The van der Waals surface area contributed by atoms with Crippen LogP contribution >= 0.6 is 15.9 Å². The average molecular weight is 315 g/mol. The monoisotopic (exact) mass is 314 g/mol. The van der Waals surface area contributed by atoms with E-state index in [1.165, 1.54) is 6.92 Å². The van der Waals surface area contributed by atoms with Crippen molar-refractivity contribution in [1.82, 2.24) is 4.98 Å². The third kappa shape index (κ3) is 3.55. The van der Waals surface area contributed by atoms with Crippen LogP contribution in [-0.2, 0) is 5.33 Å². The largest absolute Gasteiger partial charge is 0.573 e. The van der Waals surface area contributed by atoms with Gasteiger partial charge < -0.3 is 4.74 Å². The van der Waals surface area contributed by atoms with Gasteiger partial charge in [-0.25, -0.2) is 0 Å². The van der Waals surface area contributed by atoms with Gasteiger partial charge in [0.2, 0.25) is 5.75 Å². The number of nitro groups is 1. The Bertz CT molecular complexity index is 450. The van der Waals surface area contributed by atoms with Gasteiger partial charge in [-0.3, -0.25) is 15.1 Å². The van der Waals surface area contributed by atoms with E-state index in [-0.39, 0.29) is 16.7 Å². The average Bonchev–Trinajstić information content (AvgIpc) is 2.18. The van der Waals surface area contributed by atoms with Gasteiger partial charge in [0.15, 0.2) is 0 Å². The lowest BCUT2D eigenvalue weighted by Crippen LogP contribution is -2.19. The maximum Gasteiger partial charge on any atom is 0.573 e. The Morgan fingerprint density at radius 2 is 2.18 bits per heavy atom. The Kier molecular flexibility index (Phi) is 3.91. The minimum Gasteiger partial charge on any atom is -0.396 e. The number of aryl methyl sites for hydroxylation is 1. The van der Waals surface area contributed by atoms with Gasteiger partial charge in [-0.1, -0.05) is 15.9 Å². The predicted octanol–water partition coefficient (Wildman–Crippen LogP) is 3.09. The van der Waals surface area contributed by atoms with Gasteiger partial charge in [0.05, 0.1) is 16.3 Å². The number of rotatable bonds is 3. The summed E-state index contributed by atoms with van der Waals surface area (Å²) in [4.78, 5) is 13.4. The Hall–Kier alpha value is -1.38. The molecular formula is C8H6BrF3N2O3.